The second-order valence-corrected chi connectivity index (χ2v) is 6.10. The Bertz CT molecular complexity index is 1350. The number of nitrogens with zero attached hydrogens (tertiary/aromatic N) is 4. The Labute approximate surface area is 153 Å². The Balaban J connectivity index is 1.83. The Morgan fingerprint density at radius 1 is 0.667 bits per heavy atom. The van der Waals surface area contributed by atoms with Crippen LogP contribution in [-0.2, 0) is 0 Å². The summed E-state index contributed by atoms with van der Waals surface area (Å²) >= 11 is 0. The summed E-state index contributed by atoms with van der Waals surface area (Å²) in [7, 11) is 0. The van der Waals surface area contributed by atoms with Crippen LogP contribution in [0.5, 0.6) is 0 Å². The van der Waals surface area contributed by atoms with Gasteiger partial charge in [-0.2, -0.15) is 0 Å². The quantitative estimate of drug-likeness (QED) is 0.525. The molecule has 3 aromatic heterocycles. The van der Waals surface area contributed by atoms with Crippen molar-refractivity contribution in [1.82, 2.24) is 24.9 Å². The first-order valence-corrected chi connectivity index (χ1v) is 8.45. The zero-order valence-corrected chi connectivity index (χ0v) is 14.1. The molecule has 0 aliphatic heterocycles. The van der Waals surface area contributed by atoms with Crippen LogP contribution in [-0.4, -0.2) is 24.9 Å². The van der Waals surface area contributed by atoms with E-state index in [-0.39, 0.29) is 5.56 Å². The van der Waals surface area contributed by atoms with Crippen molar-refractivity contribution >= 4 is 22.2 Å². The van der Waals surface area contributed by atoms with Gasteiger partial charge in [0.2, 0.25) is 5.56 Å². The summed E-state index contributed by atoms with van der Waals surface area (Å²) in [6.45, 7) is 0. The lowest BCUT2D eigenvalue weighted by molar-refractivity contribution is 1.19. The Morgan fingerprint density at radius 3 is 2.26 bits per heavy atom. The standard InChI is InChI=1S/C21H13N5O/c27-18-9-8-16-21(25-18)26-19(13-4-2-1-3-5-13)20(24-16)14-6-7-15-17(12-14)23-11-10-22-15/h1-12H,(H,25,26,27). The van der Waals surface area contributed by atoms with Crippen LogP contribution in [0.3, 0.4) is 0 Å². The Hall–Kier alpha value is -3.93. The number of fused-ring (bicyclic) bond motifs is 2. The third-order valence-corrected chi connectivity index (χ3v) is 4.35. The van der Waals surface area contributed by atoms with Gasteiger partial charge in [0.05, 0.1) is 22.4 Å². The second kappa shape index (κ2) is 6.10. The summed E-state index contributed by atoms with van der Waals surface area (Å²) in [4.78, 5) is 32.7. The molecular formula is C21H13N5O. The minimum atomic E-state index is -0.204. The Kier molecular flexibility index (Phi) is 3.47. The van der Waals surface area contributed by atoms with Crippen LogP contribution in [0.25, 0.3) is 44.7 Å². The maximum Gasteiger partial charge on any atom is 0.249 e. The van der Waals surface area contributed by atoms with E-state index in [1.807, 2.05) is 48.5 Å². The number of aromatic amines is 1. The topological polar surface area (TPSA) is 84.4 Å². The lowest BCUT2D eigenvalue weighted by atomic mass is 10.0. The number of H-pyrrole nitrogens is 1. The monoisotopic (exact) mass is 351 g/mol. The third-order valence-electron chi connectivity index (χ3n) is 4.35. The van der Waals surface area contributed by atoms with Gasteiger partial charge >= 0.3 is 0 Å². The van der Waals surface area contributed by atoms with Gasteiger partial charge in [0.1, 0.15) is 5.52 Å². The molecule has 0 radical (unpaired) electrons. The highest BCUT2D eigenvalue weighted by molar-refractivity contribution is 5.88. The van der Waals surface area contributed by atoms with Crippen molar-refractivity contribution in [2.24, 2.45) is 0 Å². The van der Waals surface area contributed by atoms with Gasteiger partial charge in [-0.05, 0) is 18.2 Å². The van der Waals surface area contributed by atoms with Gasteiger partial charge in [0.25, 0.3) is 0 Å². The van der Waals surface area contributed by atoms with Crippen molar-refractivity contribution in [1.29, 1.82) is 0 Å². The molecule has 2 aromatic carbocycles. The molecule has 27 heavy (non-hydrogen) atoms. The summed E-state index contributed by atoms with van der Waals surface area (Å²) in [6.07, 6.45) is 3.34. The molecule has 6 heteroatoms. The number of pyridine rings is 1. The van der Waals surface area contributed by atoms with Crippen LogP contribution in [0, 0.1) is 0 Å². The van der Waals surface area contributed by atoms with Crippen LogP contribution in [0.2, 0.25) is 0 Å². The van der Waals surface area contributed by atoms with E-state index in [2.05, 4.69) is 15.0 Å². The van der Waals surface area contributed by atoms with Crippen LogP contribution in [0.15, 0.2) is 77.9 Å². The van der Waals surface area contributed by atoms with Gasteiger partial charge in [-0.1, -0.05) is 36.4 Å². The molecule has 5 rings (SSSR count). The molecule has 1 N–H and O–H groups in total. The summed E-state index contributed by atoms with van der Waals surface area (Å²) in [5.74, 6) is 0. The SMILES string of the molecule is O=c1ccc2nc(-c3ccc4nccnc4c3)c(-c3ccccc3)nc2[nH]1. The molecule has 0 bridgehead atoms. The lowest BCUT2D eigenvalue weighted by Gasteiger charge is -2.10. The van der Waals surface area contributed by atoms with E-state index >= 15 is 0 Å². The van der Waals surface area contributed by atoms with Gasteiger partial charge in [-0.15, -0.1) is 0 Å². The molecule has 0 unspecified atom stereocenters. The van der Waals surface area contributed by atoms with Gasteiger partial charge in [-0.3, -0.25) is 14.8 Å². The van der Waals surface area contributed by atoms with Crippen LogP contribution in [0.4, 0.5) is 0 Å². The first kappa shape index (κ1) is 15.3. The molecule has 0 fully saturated rings. The molecule has 0 atom stereocenters. The summed E-state index contributed by atoms with van der Waals surface area (Å²) < 4.78 is 0. The van der Waals surface area contributed by atoms with Crippen molar-refractivity contribution in [3.8, 4) is 22.5 Å². The van der Waals surface area contributed by atoms with Crippen LogP contribution in [0.1, 0.15) is 0 Å². The summed E-state index contributed by atoms with van der Waals surface area (Å²) in [6, 6.07) is 18.8. The van der Waals surface area contributed by atoms with Gasteiger partial charge < -0.3 is 4.98 Å². The summed E-state index contributed by atoms with van der Waals surface area (Å²) in [5.41, 5.74) is 5.74. The normalized spacial score (nSPS) is 11.1. The van der Waals surface area contributed by atoms with Crippen LogP contribution < -0.4 is 5.56 Å². The maximum atomic E-state index is 11.7. The molecular weight excluding hydrogens is 338 g/mol. The highest BCUT2D eigenvalue weighted by atomic mass is 16.1. The van der Waals surface area contributed by atoms with E-state index in [0.29, 0.717) is 16.9 Å². The van der Waals surface area contributed by atoms with Crippen LogP contribution >= 0.6 is 0 Å². The van der Waals surface area contributed by atoms with Crippen molar-refractivity contribution in [3.05, 3.63) is 83.4 Å². The number of benzene rings is 2. The highest BCUT2D eigenvalue weighted by Gasteiger charge is 2.14. The number of aromatic nitrogens is 5. The fourth-order valence-electron chi connectivity index (χ4n) is 3.08. The number of nitrogens with one attached hydrogen (secondary N) is 1. The molecule has 0 aliphatic rings. The van der Waals surface area contributed by atoms with Crippen molar-refractivity contribution in [3.63, 3.8) is 0 Å². The largest absolute Gasteiger partial charge is 0.305 e. The maximum absolute atomic E-state index is 11.7. The molecule has 0 spiro atoms. The van der Waals surface area contributed by atoms with Gasteiger partial charge in [-0.25, -0.2) is 9.97 Å². The van der Waals surface area contributed by atoms with E-state index in [9.17, 15) is 4.79 Å². The average Bonchev–Trinajstić information content (AvgIpc) is 2.73. The molecule has 6 nitrogen and oxygen atoms in total. The smallest absolute Gasteiger partial charge is 0.249 e. The molecule has 0 saturated carbocycles. The molecule has 3 heterocycles. The summed E-state index contributed by atoms with van der Waals surface area (Å²) in [5, 5.41) is 0. The first-order chi connectivity index (χ1) is 13.3. The minimum Gasteiger partial charge on any atom is -0.305 e. The second-order valence-electron chi connectivity index (χ2n) is 6.10. The predicted molar refractivity (Wildman–Crippen MR) is 104 cm³/mol. The van der Waals surface area contributed by atoms with E-state index in [4.69, 9.17) is 9.97 Å². The predicted octanol–water partition coefficient (Wildman–Crippen LogP) is 3.60. The van der Waals surface area contributed by atoms with E-state index in [1.54, 1.807) is 18.5 Å². The van der Waals surface area contributed by atoms with Gasteiger partial charge in [0.15, 0.2) is 5.65 Å². The number of rotatable bonds is 2. The zero-order valence-electron chi connectivity index (χ0n) is 14.1. The Morgan fingerprint density at radius 2 is 1.41 bits per heavy atom. The van der Waals surface area contributed by atoms with E-state index < -0.39 is 0 Å². The number of hydrogen-bond donors (Lipinski definition) is 1. The first-order valence-electron chi connectivity index (χ1n) is 8.45. The molecule has 0 aliphatic carbocycles. The minimum absolute atomic E-state index is 0.204. The van der Waals surface area contributed by atoms with Gasteiger partial charge in [0, 0.05) is 29.6 Å². The molecule has 5 aromatic rings. The zero-order chi connectivity index (χ0) is 18.2. The fourth-order valence-corrected chi connectivity index (χ4v) is 3.08. The third kappa shape index (κ3) is 2.73. The van der Waals surface area contributed by atoms with E-state index in [0.717, 1.165) is 27.9 Å². The van der Waals surface area contributed by atoms with E-state index in [1.165, 1.54) is 6.07 Å². The molecule has 128 valence electrons. The highest BCUT2D eigenvalue weighted by Crippen LogP contribution is 2.31. The molecule has 0 saturated heterocycles. The van der Waals surface area contributed by atoms with Crippen molar-refractivity contribution < 1.29 is 0 Å². The van der Waals surface area contributed by atoms with Crippen molar-refractivity contribution in [2.45, 2.75) is 0 Å². The number of hydrogen-bond acceptors (Lipinski definition) is 5. The lowest BCUT2D eigenvalue weighted by Crippen LogP contribution is -2.06. The van der Waals surface area contributed by atoms with Crippen molar-refractivity contribution in [2.75, 3.05) is 0 Å². The average molecular weight is 351 g/mol. The fraction of sp³-hybridized carbons (Fsp3) is 0. The molecule has 0 amide bonds.